The molecule has 0 radical (unpaired) electrons. The number of carbonyl (C=O) groups excluding carboxylic acids is 1. The molecule has 1 aromatic heterocycles. The number of amides is 1. The molecule has 0 atom stereocenters. The molecule has 3 heterocycles. The number of hydrogen-bond donors (Lipinski definition) is 2. The maximum atomic E-state index is 13.1. The third-order valence-corrected chi connectivity index (χ3v) is 7.53. The average Bonchev–Trinajstić information content (AvgIpc) is 2.78. The molecule has 1 fully saturated rings. The van der Waals surface area contributed by atoms with Crippen LogP contribution in [0.3, 0.4) is 0 Å². The number of rotatable bonds is 2. The highest BCUT2D eigenvalue weighted by atomic mass is 32.2. The molecule has 0 bridgehead atoms. The first-order valence-corrected chi connectivity index (χ1v) is 11.5. The van der Waals surface area contributed by atoms with Gasteiger partial charge >= 0.3 is 0 Å². The van der Waals surface area contributed by atoms with E-state index in [1.54, 1.807) is 36.4 Å². The molecule has 1 spiro atoms. The predicted molar refractivity (Wildman–Crippen MR) is 117 cm³/mol. The van der Waals surface area contributed by atoms with Crippen molar-refractivity contribution in [2.75, 3.05) is 25.5 Å². The first-order valence-electron chi connectivity index (χ1n) is 10.0. The van der Waals surface area contributed by atoms with E-state index in [1.807, 2.05) is 24.3 Å². The second-order valence-corrected chi connectivity index (χ2v) is 9.53. The summed E-state index contributed by atoms with van der Waals surface area (Å²) < 4.78 is 33.7. The molecule has 3 aromatic rings. The molecule has 31 heavy (non-hydrogen) atoms. The number of likely N-dealkylation sites (tertiary alicyclic amines) is 1. The Morgan fingerprint density at radius 2 is 1.94 bits per heavy atom. The zero-order valence-electron chi connectivity index (χ0n) is 17.0. The summed E-state index contributed by atoms with van der Waals surface area (Å²) in [5.74, 6) is 0.512. The van der Waals surface area contributed by atoms with Gasteiger partial charge in [0, 0.05) is 49.1 Å². The van der Waals surface area contributed by atoms with E-state index in [0.29, 0.717) is 42.9 Å². The Bertz CT molecular complexity index is 1280. The number of fused-ring (bicyclic) bond motifs is 2. The molecule has 9 heteroatoms. The van der Waals surface area contributed by atoms with Crippen LogP contribution in [-0.2, 0) is 10.0 Å². The number of nitrogens with zero attached hydrogens (tertiary/aromatic N) is 2. The number of pyridine rings is 1. The summed E-state index contributed by atoms with van der Waals surface area (Å²) in [6, 6.07) is 14.1. The fraction of sp³-hybridized carbons (Fsp3) is 0.273. The molecular formula is C22H22N4O4S. The van der Waals surface area contributed by atoms with E-state index in [2.05, 4.69) is 15.0 Å². The number of aromatic nitrogens is 1. The van der Waals surface area contributed by atoms with Crippen molar-refractivity contribution in [3.8, 4) is 5.75 Å². The van der Waals surface area contributed by atoms with Gasteiger partial charge in [0.1, 0.15) is 16.3 Å². The summed E-state index contributed by atoms with van der Waals surface area (Å²) >= 11 is 0. The second-order valence-electron chi connectivity index (χ2n) is 7.88. The van der Waals surface area contributed by atoms with Gasteiger partial charge in [-0.3, -0.25) is 9.78 Å². The number of sulfonamides is 1. The van der Waals surface area contributed by atoms with Crippen molar-refractivity contribution in [3.63, 3.8) is 0 Å². The lowest BCUT2D eigenvalue weighted by Gasteiger charge is -2.45. The van der Waals surface area contributed by atoms with Crippen LogP contribution < -0.4 is 14.8 Å². The number of anilines is 1. The lowest BCUT2D eigenvalue weighted by Crippen LogP contribution is -2.62. The van der Waals surface area contributed by atoms with Crippen molar-refractivity contribution in [3.05, 3.63) is 60.3 Å². The number of hydrogen-bond acceptors (Lipinski definition) is 6. The first kappa shape index (κ1) is 19.8. The Morgan fingerprint density at radius 3 is 2.71 bits per heavy atom. The molecule has 0 unspecified atom stereocenters. The molecule has 2 aliphatic heterocycles. The Balaban J connectivity index is 1.36. The maximum absolute atomic E-state index is 13.1. The third-order valence-electron chi connectivity index (χ3n) is 5.93. The summed E-state index contributed by atoms with van der Waals surface area (Å²) in [4.78, 5) is 19.3. The fourth-order valence-corrected chi connectivity index (χ4v) is 5.80. The van der Waals surface area contributed by atoms with Crippen molar-refractivity contribution >= 4 is 32.5 Å². The average molecular weight is 439 g/mol. The van der Waals surface area contributed by atoms with E-state index in [0.717, 1.165) is 10.9 Å². The van der Waals surface area contributed by atoms with Crippen molar-refractivity contribution in [2.24, 2.45) is 0 Å². The van der Waals surface area contributed by atoms with Gasteiger partial charge in [0.2, 0.25) is 10.0 Å². The Hall–Kier alpha value is -3.17. The molecule has 2 aliphatic rings. The maximum Gasteiger partial charge on any atom is 0.253 e. The van der Waals surface area contributed by atoms with Crippen LogP contribution in [0.5, 0.6) is 5.75 Å². The van der Waals surface area contributed by atoms with Crippen LogP contribution in [0.2, 0.25) is 0 Å². The monoisotopic (exact) mass is 438 g/mol. The van der Waals surface area contributed by atoms with Crippen molar-refractivity contribution < 1.29 is 17.9 Å². The van der Waals surface area contributed by atoms with Gasteiger partial charge in [0.25, 0.3) is 5.91 Å². The molecule has 2 aromatic carbocycles. The number of methoxy groups -OCH3 is 1. The van der Waals surface area contributed by atoms with Gasteiger partial charge in [-0.05, 0) is 36.4 Å². The van der Waals surface area contributed by atoms with Gasteiger partial charge in [-0.15, -0.1) is 0 Å². The number of nitrogens with one attached hydrogen (secondary N) is 2. The van der Waals surface area contributed by atoms with Gasteiger partial charge in [0.05, 0.1) is 18.3 Å². The van der Waals surface area contributed by atoms with Gasteiger partial charge in [-0.1, -0.05) is 6.07 Å². The van der Waals surface area contributed by atoms with Crippen LogP contribution >= 0.6 is 0 Å². The Kier molecular flexibility index (Phi) is 4.60. The highest BCUT2D eigenvalue weighted by Gasteiger charge is 2.44. The Labute approximate surface area is 180 Å². The molecule has 0 aliphatic carbocycles. The zero-order valence-corrected chi connectivity index (χ0v) is 17.8. The normalized spacial score (nSPS) is 18.9. The van der Waals surface area contributed by atoms with E-state index >= 15 is 0 Å². The summed E-state index contributed by atoms with van der Waals surface area (Å²) in [5.41, 5.74) is 1.12. The zero-order chi connectivity index (χ0) is 21.6. The molecular weight excluding hydrogens is 416 g/mol. The highest BCUT2D eigenvalue weighted by molar-refractivity contribution is 7.89. The van der Waals surface area contributed by atoms with Crippen LogP contribution in [0.15, 0.2) is 59.6 Å². The lowest BCUT2D eigenvalue weighted by atomic mass is 9.96. The van der Waals surface area contributed by atoms with Crippen LogP contribution in [0.1, 0.15) is 23.2 Å². The van der Waals surface area contributed by atoms with E-state index in [9.17, 15) is 13.2 Å². The van der Waals surface area contributed by atoms with Crippen LogP contribution in [0.4, 0.5) is 5.69 Å². The van der Waals surface area contributed by atoms with Crippen molar-refractivity contribution in [2.45, 2.75) is 23.4 Å². The van der Waals surface area contributed by atoms with Crippen molar-refractivity contribution in [1.29, 1.82) is 0 Å². The lowest BCUT2D eigenvalue weighted by molar-refractivity contribution is 0.0676. The van der Waals surface area contributed by atoms with Gasteiger partial charge in [-0.2, -0.15) is 4.72 Å². The highest BCUT2D eigenvalue weighted by Crippen LogP contribution is 2.37. The predicted octanol–water partition coefficient (Wildman–Crippen LogP) is 2.58. The molecule has 1 saturated heterocycles. The second kappa shape index (κ2) is 7.21. The van der Waals surface area contributed by atoms with Gasteiger partial charge < -0.3 is 15.0 Å². The fourth-order valence-electron chi connectivity index (χ4n) is 4.27. The summed E-state index contributed by atoms with van der Waals surface area (Å²) in [7, 11) is -2.13. The number of benzene rings is 2. The number of piperidine rings is 1. The standard InChI is InChI=1S/C22H22N4O4S/c1-30-17-5-7-20-19(14-17)24-22(25-31(20,28)29)8-11-26(12-9-22)21(27)16-4-6-18-15(13-16)3-2-10-23-18/h2-7,10,13-14,24-25H,8-9,11-12H2,1H3. The molecule has 0 saturated carbocycles. The van der Waals surface area contributed by atoms with Gasteiger partial charge in [0.15, 0.2) is 0 Å². The van der Waals surface area contributed by atoms with E-state index < -0.39 is 15.7 Å². The largest absolute Gasteiger partial charge is 0.497 e. The van der Waals surface area contributed by atoms with Crippen molar-refractivity contribution in [1.82, 2.24) is 14.6 Å². The number of ether oxygens (including phenoxy) is 1. The van der Waals surface area contributed by atoms with E-state index in [1.165, 1.54) is 6.07 Å². The first-order chi connectivity index (χ1) is 14.9. The third kappa shape index (κ3) is 3.49. The molecule has 5 rings (SSSR count). The Morgan fingerprint density at radius 1 is 1.13 bits per heavy atom. The van der Waals surface area contributed by atoms with Crippen LogP contribution in [0.25, 0.3) is 10.9 Å². The van der Waals surface area contributed by atoms with Crippen LogP contribution in [-0.4, -0.2) is 50.1 Å². The summed E-state index contributed by atoms with van der Waals surface area (Å²) in [6.07, 6.45) is 2.62. The quantitative estimate of drug-likeness (QED) is 0.638. The molecule has 2 N–H and O–H groups in total. The van der Waals surface area contributed by atoms with E-state index in [4.69, 9.17) is 4.74 Å². The smallest absolute Gasteiger partial charge is 0.253 e. The topological polar surface area (TPSA) is 101 Å². The van der Waals surface area contributed by atoms with E-state index in [-0.39, 0.29) is 10.8 Å². The van der Waals surface area contributed by atoms with Gasteiger partial charge in [-0.25, -0.2) is 8.42 Å². The minimum Gasteiger partial charge on any atom is -0.497 e. The summed E-state index contributed by atoms with van der Waals surface area (Å²) in [5, 5.41) is 4.26. The number of carbonyl (C=O) groups is 1. The minimum atomic E-state index is -3.67. The molecule has 1 amide bonds. The molecule has 160 valence electrons. The minimum absolute atomic E-state index is 0.0682. The molecule has 8 nitrogen and oxygen atoms in total. The SMILES string of the molecule is COc1ccc2c(c1)NC1(CCN(C(=O)c3ccc4ncccc4c3)CC1)NS2(=O)=O. The van der Waals surface area contributed by atoms with Crippen LogP contribution in [0, 0.1) is 0 Å². The summed E-state index contributed by atoms with van der Waals surface area (Å²) in [6.45, 7) is 0.859.